The summed E-state index contributed by atoms with van der Waals surface area (Å²) in [5.74, 6) is -1.48. The molecule has 0 radical (unpaired) electrons. The molecule has 1 amide bonds. The minimum Gasteiger partial charge on any atom is -0.395 e. The topological polar surface area (TPSA) is 129 Å². The van der Waals surface area contributed by atoms with Crippen LogP contribution in [0.1, 0.15) is 18.9 Å². The molecule has 3 N–H and O–H groups in total. The molecule has 3 aromatic rings. The Morgan fingerprint density at radius 3 is 2.53 bits per heavy atom. The smallest absolute Gasteiger partial charge is 0.264 e. The Morgan fingerprint density at radius 2 is 1.92 bits per heavy atom. The van der Waals surface area contributed by atoms with Crippen molar-refractivity contribution in [1.82, 2.24) is 14.9 Å². The number of hydroxylamine groups is 1. The highest BCUT2D eigenvalue weighted by molar-refractivity contribution is 7.92. The van der Waals surface area contributed by atoms with Gasteiger partial charge in [0.2, 0.25) is 0 Å². The van der Waals surface area contributed by atoms with Crippen LogP contribution in [0.2, 0.25) is 0 Å². The van der Waals surface area contributed by atoms with E-state index >= 15 is 0 Å². The van der Waals surface area contributed by atoms with Crippen LogP contribution in [0.5, 0.6) is 0 Å². The van der Waals surface area contributed by atoms with Crippen LogP contribution in [0, 0.1) is 5.82 Å². The van der Waals surface area contributed by atoms with Gasteiger partial charge in [0, 0.05) is 43.0 Å². The lowest BCUT2D eigenvalue weighted by atomic mass is 10.00. The number of halogens is 1. The lowest BCUT2D eigenvalue weighted by Gasteiger charge is -2.25. The first-order valence-electron chi connectivity index (χ1n) is 11.3. The SMILES string of the molecule is CN(CCO)Cc1ccc(-c2ccc3c(=O)n(CCC(C)(C(=O)NO)S(C)(=O)=O)ccc3c2)c(F)c1. The zero-order chi connectivity index (χ0) is 26.7. The maximum atomic E-state index is 14.9. The molecule has 0 spiro atoms. The van der Waals surface area contributed by atoms with Crippen LogP contribution in [0.15, 0.2) is 53.5 Å². The Morgan fingerprint density at radius 1 is 1.19 bits per heavy atom. The minimum atomic E-state index is -3.89. The maximum absolute atomic E-state index is 14.9. The van der Waals surface area contributed by atoms with Gasteiger partial charge in [0.15, 0.2) is 14.6 Å². The summed E-state index contributed by atoms with van der Waals surface area (Å²) in [7, 11) is -2.06. The second-order valence-electron chi connectivity index (χ2n) is 9.09. The lowest BCUT2D eigenvalue weighted by Crippen LogP contribution is -2.49. The van der Waals surface area contributed by atoms with Crippen molar-refractivity contribution in [2.75, 3.05) is 26.5 Å². The summed E-state index contributed by atoms with van der Waals surface area (Å²) in [6.07, 6.45) is 2.16. The van der Waals surface area contributed by atoms with Gasteiger partial charge in [-0.15, -0.1) is 0 Å². The molecule has 1 atom stereocenters. The van der Waals surface area contributed by atoms with Crippen molar-refractivity contribution in [3.8, 4) is 11.1 Å². The molecule has 0 aliphatic rings. The number of aliphatic hydroxyl groups is 1. The third-order valence-electron chi connectivity index (χ3n) is 6.49. The van der Waals surface area contributed by atoms with Crippen LogP contribution >= 0.6 is 0 Å². The van der Waals surface area contributed by atoms with Gasteiger partial charge < -0.3 is 9.67 Å². The first-order valence-corrected chi connectivity index (χ1v) is 13.2. The van der Waals surface area contributed by atoms with E-state index in [1.165, 1.54) is 29.2 Å². The van der Waals surface area contributed by atoms with E-state index in [1.54, 1.807) is 30.3 Å². The van der Waals surface area contributed by atoms with Crippen molar-refractivity contribution in [2.24, 2.45) is 0 Å². The monoisotopic (exact) mass is 519 g/mol. The number of nitrogens with zero attached hydrogens (tertiary/aromatic N) is 2. The standard InChI is InChI=1S/C25H30FN3O6S/c1-25(24(32)27-33,36(3,34)35)9-11-29-10-8-19-15-18(5-7-21(19)23(29)31)20-6-4-17(14-22(20)26)16-28(2)12-13-30/h4-8,10,14-15,30,33H,9,11-13,16H2,1-3H3,(H,27,32). The number of sulfone groups is 1. The summed E-state index contributed by atoms with van der Waals surface area (Å²) in [6, 6.07) is 11.5. The van der Waals surface area contributed by atoms with E-state index in [0.717, 1.165) is 11.8 Å². The van der Waals surface area contributed by atoms with Crippen LogP contribution in [-0.2, 0) is 27.7 Å². The van der Waals surface area contributed by atoms with E-state index in [9.17, 15) is 22.4 Å². The number of likely N-dealkylation sites (N-methyl/N-ethyl adjacent to an activating group) is 1. The number of pyridine rings is 1. The van der Waals surface area contributed by atoms with E-state index in [-0.39, 0.29) is 25.1 Å². The molecule has 3 rings (SSSR count). The summed E-state index contributed by atoms with van der Waals surface area (Å²) < 4.78 is 38.6. The normalized spacial score (nSPS) is 13.6. The van der Waals surface area contributed by atoms with Crippen molar-refractivity contribution >= 4 is 26.5 Å². The first-order chi connectivity index (χ1) is 16.9. The molecule has 0 aliphatic heterocycles. The fraction of sp³-hybridized carbons (Fsp3) is 0.360. The largest absolute Gasteiger partial charge is 0.395 e. The lowest BCUT2D eigenvalue weighted by molar-refractivity contribution is -0.131. The van der Waals surface area contributed by atoms with Gasteiger partial charge >= 0.3 is 0 Å². The number of aryl methyl sites for hydroxylation is 1. The number of carbonyl (C=O) groups excluding carboxylic acids is 1. The van der Waals surface area contributed by atoms with Gasteiger partial charge in [-0.2, -0.15) is 0 Å². The number of hydrogen-bond donors (Lipinski definition) is 3. The second-order valence-corrected chi connectivity index (χ2v) is 11.5. The molecule has 0 fully saturated rings. The molecule has 0 bridgehead atoms. The number of aliphatic hydroxyl groups excluding tert-OH is 1. The highest BCUT2D eigenvalue weighted by Gasteiger charge is 2.43. The third kappa shape index (κ3) is 5.65. The molecule has 0 saturated carbocycles. The third-order valence-corrected chi connectivity index (χ3v) is 8.51. The van der Waals surface area contributed by atoms with Crippen molar-refractivity contribution in [3.63, 3.8) is 0 Å². The molecular weight excluding hydrogens is 489 g/mol. The molecule has 1 aromatic heterocycles. The molecule has 0 aliphatic carbocycles. The molecule has 194 valence electrons. The average Bonchev–Trinajstić information content (AvgIpc) is 2.82. The summed E-state index contributed by atoms with van der Waals surface area (Å²) in [4.78, 5) is 26.9. The highest BCUT2D eigenvalue weighted by atomic mass is 32.2. The average molecular weight is 520 g/mol. The summed E-state index contributed by atoms with van der Waals surface area (Å²) >= 11 is 0. The summed E-state index contributed by atoms with van der Waals surface area (Å²) in [5.41, 5.74) is 2.75. The quantitative estimate of drug-likeness (QED) is 0.276. The van der Waals surface area contributed by atoms with E-state index in [4.69, 9.17) is 10.3 Å². The number of aromatic nitrogens is 1. The Hall–Kier alpha value is -3.12. The van der Waals surface area contributed by atoms with Crippen molar-refractivity contribution < 1.29 is 27.9 Å². The van der Waals surface area contributed by atoms with Crippen LogP contribution in [0.3, 0.4) is 0 Å². The Bertz CT molecular complexity index is 1440. The Labute approximate surface area is 208 Å². The van der Waals surface area contributed by atoms with E-state index in [2.05, 4.69) is 0 Å². The van der Waals surface area contributed by atoms with Crippen LogP contribution in [-0.4, -0.2) is 65.3 Å². The van der Waals surface area contributed by atoms with Crippen LogP contribution < -0.4 is 11.0 Å². The molecule has 1 unspecified atom stereocenters. The predicted molar refractivity (Wildman–Crippen MR) is 135 cm³/mol. The van der Waals surface area contributed by atoms with E-state index < -0.39 is 26.3 Å². The number of hydrogen-bond acceptors (Lipinski definition) is 7. The van der Waals surface area contributed by atoms with Crippen molar-refractivity contribution in [1.29, 1.82) is 0 Å². The highest BCUT2D eigenvalue weighted by Crippen LogP contribution is 2.27. The number of rotatable bonds is 10. The summed E-state index contributed by atoms with van der Waals surface area (Å²) in [5, 5.41) is 18.9. The van der Waals surface area contributed by atoms with Crippen LogP contribution in [0.25, 0.3) is 21.9 Å². The molecule has 9 nitrogen and oxygen atoms in total. The molecule has 2 aromatic carbocycles. The fourth-order valence-electron chi connectivity index (χ4n) is 4.00. The number of carbonyl (C=O) groups is 1. The molecular formula is C25H30FN3O6S. The van der Waals surface area contributed by atoms with E-state index in [1.807, 2.05) is 18.0 Å². The summed E-state index contributed by atoms with van der Waals surface area (Å²) in [6.45, 7) is 2.11. The van der Waals surface area contributed by atoms with Gasteiger partial charge in [0.1, 0.15) is 5.82 Å². The molecule has 36 heavy (non-hydrogen) atoms. The number of nitrogens with one attached hydrogen (secondary N) is 1. The molecule has 1 heterocycles. The Kier molecular flexibility index (Phi) is 8.29. The second kappa shape index (κ2) is 10.9. The van der Waals surface area contributed by atoms with Gasteiger partial charge in [-0.25, -0.2) is 18.3 Å². The van der Waals surface area contributed by atoms with Gasteiger partial charge in [0.25, 0.3) is 11.5 Å². The molecule has 0 saturated heterocycles. The number of fused-ring (bicyclic) bond motifs is 1. The maximum Gasteiger partial charge on any atom is 0.264 e. The van der Waals surface area contributed by atoms with E-state index in [0.29, 0.717) is 35.0 Å². The van der Waals surface area contributed by atoms with Gasteiger partial charge in [-0.05, 0) is 61.2 Å². The zero-order valence-corrected chi connectivity index (χ0v) is 21.2. The molecule has 11 heteroatoms. The number of benzene rings is 2. The van der Waals surface area contributed by atoms with Gasteiger partial charge in [0.05, 0.1) is 6.61 Å². The van der Waals surface area contributed by atoms with Gasteiger partial charge in [-0.3, -0.25) is 19.7 Å². The predicted octanol–water partition coefficient (Wildman–Crippen LogP) is 1.93. The Balaban J connectivity index is 1.88. The number of amides is 1. The van der Waals surface area contributed by atoms with Gasteiger partial charge in [-0.1, -0.05) is 18.2 Å². The zero-order valence-electron chi connectivity index (χ0n) is 20.4. The van der Waals surface area contributed by atoms with Crippen molar-refractivity contribution in [3.05, 3.63) is 70.4 Å². The van der Waals surface area contributed by atoms with Crippen molar-refractivity contribution in [2.45, 2.75) is 31.2 Å². The van der Waals surface area contributed by atoms with Crippen LogP contribution in [0.4, 0.5) is 4.39 Å². The fourth-order valence-corrected chi connectivity index (χ4v) is 4.85. The first kappa shape index (κ1) is 27.5. The minimum absolute atomic E-state index is 0.0187.